The summed E-state index contributed by atoms with van der Waals surface area (Å²) >= 11 is 0. The van der Waals surface area contributed by atoms with E-state index in [1.807, 2.05) is 0 Å². The minimum Gasteiger partial charge on any atom is -0.480 e. The molecule has 3 nitrogen and oxygen atoms in total. The van der Waals surface area contributed by atoms with Crippen molar-refractivity contribution in [1.29, 1.82) is 0 Å². The van der Waals surface area contributed by atoms with Crippen molar-refractivity contribution in [3.05, 3.63) is 34.9 Å². The molecule has 0 spiro atoms. The number of likely N-dealkylation sites (tertiary alicyclic amines) is 1. The van der Waals surface area contributed by atoms with Gasteiger partial charge in [-0.2, -0.15) is 0 Å². The zero-order chi connectivity index (χ0) is 13.1. The number of rotatable bonds is 3. The molecule has 3 heteroatoms. The second-order valence-electron chi connectivity index (χ2n) is 5.16. The first-order valence-electron chi connectivity index (χ1n) is 6.61. The van der Waals surface area contributed by atoms with Crippen LogP contribution in [0.3, 0.4) is 0 Å². The van der Waals surface area contributed by atoms with Crippen LogP contribution in [0.25, 0.3) is 0 Å². The highest BCUT2D eigenvalue weighted by molar-refractivity contribution is 5.69. The summed E-state index contributed by atoms with van der Waals surface area (Å²) in [5.41, 5.74) is 3.89. The van der Waals surface area contributed by atoms with Crippen molar-refractivity contribution < 1.29 is 9.90 Å². The molecule has 1 aromatic carbocycles. The molecule has 1 heterocycles. The van der Waals surface area contributed by atoms with Gasteiger partial charge in [0.05, 0.1) is 6.54 Å². The van der Waals surface area contributed by atoms with Crippen molar-refractivity contribution in [1.82, 2.24) is 4.90 Å². The maximum atomic E-state index is 11.0. The standard InChI is InChI=1S/C15H21NO2/c1-11-6-5-7-13(12(11)2)14-8-3-4-9-16(14)10-15(17)18/h5-7,14H,3-4,8-10H2,1-2H3,(H,17,18). The Hall–Kier alpha value is -1.35. The van der Waals surface area contributed by atoms with Crippen LogP contribution in [0.2, 0.25) is 0 Å². The van der Waals surface area contributed by atoms with Gasteiger partial charge in [-0.25, -0.2) is 0 Å². The summed E-state index contributed by atoms with van der Waals surface area (Å²) in [5, 5.41) is 9.01. The lowest BCUT2D eigenvalue weighted by molar-refractivity contribution is -0.139. The second-order valence-corrected chi connectivity index (χ2v) is 5.16. The normalized spacial score (nSPS) is 20.9. The topological polar surface area (TPSA) is 40.5 Å². The van der Waals surface area contributed by atoms with Crippen LogP contribution in [0.15, 0.2) is 18.2 Å². The number of carboxylic acid groups (broad SMARTS) is 1. The Morgan fingerprint density at radius 3 is 2.89 bits per heavy atom. The Labute approximate surface area is 108 Å². The van der Waals surface area contributed by atoms with E-state index in [9.17, 15) is 4.79 Å². The number of aliphatic carboxylic acids is 1. The molecule has 1 aromatic rings. The van der Waals surface area contributed by atoms with Crippen LogP contribution in [-0.2, 0) is 4.79 Å². The predicted octanol–water partition coefficient (Wildman–Crippen LogP) is 2.92. The van der Waals surface area contributed by atoms with E-state index in [4.69, 9.17) is 5.11 Å². The number of aryl methyl sites for hydroxylation is 1. The van der Waals surface area contributed by atoms with Gasteiger partial charge in [-0.05, 0) is 49.9 Å². The molecule has 0 bridgehead atoms. The lowest BCUT2D eigenvalue weighted by Gasteiger charge is -2.35. The molecule has 0 aliphatic carbocycles. The minimum absolute atomic E-state index is 0.151. The summed E-state index contributed by atoms with van der Waals surface area (Å²) in [5.74, 6) is -0.729. The summed E-state index contributed by atoms with van der Waals surface area (Å²) < 4.78 is 0. The van der Waals surface area contributed by atoms with E-state index in [1.54, 1.807) is 0 Å². The Balaban J connectivity index is 2.27. The molecule has 1 fully saturated rings. The average molecular weight is 247 g/mol. The third-order valence-corrected chi connectivity index (χ3v) is 3.96. The maximum absolute atomic E-state index is 11.0. The SMILES string of the molecule is Cc1cccc(C2CCCCN2CC(=O)O)c1C. The number of hydrogen-bond acceptors (Lipinski definition) is 2. The van der Waals surface area contributed by atoms with E-state index in [-0.39, 0.29) is 12.6 Å². The van der Waals surface area contributed by atoms with Crippen LogP contribution in [-0.4, -0.2) is 29.1 Å². The van der Waals surface area contributed by atoms with E-state index in [2.05, 4.69) is 36.9 Å². The van der Waals surface area contributed by atoms with Gasteiger partial charge in [-0.3, -0.25) is 9.69 Å². The van der Waals surface area contributed by atoms with Gasteiger partial charge in [-0.1, -0.05) is 24.6 Å². The second kappa shape index (κ2) is 5.53. The molecule has 0 aromatic heterocycles. The first-order chi connectivity index (χ1) is 8.59. The molecule has 18 heavy (non-hydrogen) atoms. The van der Waals surface area contributed by atoms with Gasteiger partial charge >= 0.3 is 5.97 Å². The van der Waals surface area contributed by atoms with Crippen molar-refractivity contribution in [2.45, 2.75) is 39.2 Å². The zero-order valence-electron chi connectivity index (χ0n) is 11.1. The number of nitrogens with zero attached hydrogens (tertiary/aromatic N) is 1. The van der Waals surface area contributed by atoms with Crippen LogP contribution in [0.1, 0.15) is 42.0 Å². The molecule has 2 rings (SSSR count). The van der Waals surface area contributed by atoms with Crippen molar-refractivity contribution in [3.8, 4) is 0 Å². The highest BCUT2D eigenvalue weighted by atomic mass is 16.4. The van der Waals surface area contributed by atoms with Gasteiger partial charge in [0, 0.05) is 6.04 Å². The summed E-state index contributed by atoms with van der Waals surface area (Å²) in [6, 6.07) is 6.61. The Morgan fingerprint density at radius 2 is 2.17 bits per heavy atom. The maximum Gasteiger partial charge on any atom is 0.317 e. The fourth-order valence-electron chi connectivity index (χ4n) is 2.84. The van der Waals surface area contributed by atoms with Gasteiger partial charge in [-0.15, -0.1) is 0 Å². The van der Waals surface area contributed by atoms with E-state index in [0.717, 1.165) is 19.4 Å². The van der Waals surface area contributed by atoms with Gasteiger partial charge in [0.1, 0.15) is 0 Å². The number of piperidine rings is 1. The summed E-state index contributed by atoms with van der Waals surface area (Å²) in [6.45, 7) is 5.30. The van der Waals surface area contributed by atoms with Crippen molar-refractivity contribution in [2.75, 3.05) is 13.1 Å². The molecule has 0 saturated carbocycles. The van der Waals surface area contributed by atoms with E-state index in [0.29, 0.717) is 0 Å². The average Bonchev–Trinajstić information content (AvgIpc) is 2.33. The van der Waals surface area contributed by atoms with Crippen LogP contribution >= 0.6 is 0 Å². The zero-order valence-corrected chi connectivity index (χ0v) is 11.1. The van der Waals surface area contributed by atoms with Crippen molar-refractivity contribution in [2.24, 2.45) is 0 Å². The van der Waals surface area contributed by atoms with Gasteiger partial charge < -0.3 is 5.11 Å². The van der Waals surface area contributed by atoms with Gasteiger partial charge in [0.15, 0.2) is 0 Å². The van der Waals surface area contributed by atoms with Crippen LogP contribution in [0.4, 0.5) is 0 Å². The monoisotopic (exact) mass is 247 g/mol. The lowest BCUT2D eigenvalue weighted by atomic mass is 9.90. The first kappa shape index (κ1) is 13.1. The Morgan fingerprint density at radius 1 is 1.39 bits per heavy atom. The lowest BCUT2D eigenvalue weighted by Crippen LogP contribution is -2.37. The number of carbonyl (C=O) groups is 1. The molecule has 1 saturated heterocycles. The number of benzene rings is 1. The van der Waals surface area contributed by atoms with Crippen molar-refractivity contribution in [3.63, 3.8) is 0 Å². The summed E-state index contributed by atoms with van der Waals surface area (Å²) in [7, 11) is 0. The molecule has 1 N–H and O–H groups in total. The number of carboxylic acids is 1. The fraction of sp³-hybridized carbons (Fsp3) is 0.533. The smallest absolute Gasteiger partial charge is 0.317 e. The van der Waals surface area contributed by atoms with E-state index >= 15 is 0 Å². The summed E-state index contributed by atoms with van der Waals surface area (Å²) in [4.78, 5) is 13.1. The van der Waals surface area contributed by atoms with Crippen LogP contribution in [0.5, 0.6) is 0 Å². The molecular weight excluding hydrogens is 226 g/mol. The molecule has 1 unspecified atom stereocenters. The molecule has 98 valence electrons. The molecular formula is C15H21NO2. The fourth-order valence-corrected chi connectivity index (χ4v) is 2.84. The largest absolute Gasteiger partial charge is 0.480 e. The Kier molecular flexibility index (Phi) is 4.02. The van der Waals surface area contributed by atoms with Crippen LogP contribution in [0, 0.1) is 13.8 Å². The van der Waals surface area contributed by atoms with Crippen LogP contribution < -0.4 is 0 Å². The molecule has 0 radical (unpaired) electrons. The predicted molar refractivity (Wildman–Crippen MR) is 71.7 cm³/mol. The quantitative estimate of drug-likeness (QED) is 0.892. The summed E-state index contributed by atoms with van der Waals surface area (Å²) in [6.07, 6.45) is 3.36. The third kappa shape index (κ3) is 2.72. The van der Waals surface area contributed by atoms with Gasteiger partial charge in [0.2, 0.25) is 0 Å². The number of hydrogen-bond donors (Lipinski definition) is 1. The van der Waals surface area contributed by atoms with E-state index in [1.165, 1.54) is 23.1 Å². The molecule has 1 aliphatic heterocycles. The molecule has 1 aliphatic rings. The first-order valence-corrected chi connectivity index (χ1v) is 6.61. The Bertz CT molecular complexity index is 442. The molecule has 0 amide bonds. The highest BCUT2D eigenvalue weighted by Crippen LogP contribution is 2.33. The van der Waals surface area contributed by atoms with Gasteiger partial charge in [0.25, 0.3) is 0 Å². The third-order valence-electron chi connectivity index (χ3n) is 3.96. The molecule has 1 atom stereocenters. The van der Waals surface area contributed by atoms with E-state index < -0.39 is 5.97 Å². The highest BCUT2D eigenvalue weighted by Gasteiger charge is 2.26. The minimum atomic E-state index is -0.729. The van der Waals surface area contributed by atoms with Crippen molar-refractivity contribution >= 4 is 5.97 Å².